The van der Waals surface area contributed by atoms with Crippen LogP contribution in [0.2, 0.25) is 0 Å². The average molecular weight is 378 g/mol. The number of benzene rings is 1. The Morgan fingerprint density at radius 3 is 2.31 bits per heavy atom. The Morgan fingerprint density at radius 2 is 1.77 bits per heavy atom. The molecular formula is C19H31N5OS. The van der Waals surface area contributed by atoms with Gasteiger partial charge in [0.05, 0.1) is 11.4 Å². The fraction of sp³-hybridized carbons (Fsp3) is 0.579. The summed E-state index contributed by atoms with van der Waals surface area (Å²) in [5.74, 6) is 2.14. The minimum absolute atomic E-state index is 0.0279. The zero-order chi connectivity index (χ0) is 19.2. The summed E-state index contributed by atoms with van der Waals surface area (Å²) in [5, 5.41) is 8.34. The highest BCUT2D eigenvalue weighted by molar-refractivity contribution is 7.97. The summed E-state index contributed by atoms with van der Waals surface area (Å²) < 4.78 is 8.72. The zero-order valence-electron chi connectivity index (χ0n) is 16.2. The third-order valence-electron chi connectivity index (χ3n) is 4.31. The van der Waals surface area contributed by atoms with Crippen LogP contribution in [-0.2, 0) is 5.41 Å². The van der Waals surface area contributed by atoms with E-state index in [0.717, 1.165) is 16.7 Å². The van der Waals surface area contributed by atoms with Gasteiger partial charge in [-0.3, -0.25) is 4.72 Å². The van der Waals surface area contributed by atoms with Crippen molar-refractivity contribution in [3.8, 4) is 0 Å². The average Bonchev–Trinajstić information content (AvgIpc) is 3.10. The van der Waals surface area contributed by atoms with E-state index in [9.17, 15) is 0 Å². The van der Waals surface area contributed by atoms with Crippen molar-refractivity contribution in [2.24, 2.45) is 0 Å². The molecule has 0 bridgehead atoms. The smallest absolute Gasteiger partial charge is 0.221 e. The maximum Gasteiger partial charge on any atom is 0.221 e. The fourth-order valence-corrected chi connectivity index (χ4v) is 3.34. The molecule has 26 heavy (non-hydrogen) atoms. The molecule has 7 heteroatoms. The van der Waals surface area contributed by atoms with Gasteiger partial charge in [0, 0.05) is 16.2 Å². The summed E-state index contributed by atoms with van der Waals surface area (Å²) in [7, 11) is 1.86. The molecular weight excluding hydrogens is 346 g/mol. The number of nitrogens with one attached hydrogen (secondary N) is 1. The van der Waals surface area contributed by atoms with Crippen LogP contribution in [0.1, 0.15) is 70.6 Å². The Labute approximate surface area is 160 Å². The molecule has 0 saturated heterocycles. The second-order valence-electron chi connectivity index (χ2n) is 7.63. The predicted molar refractivity (Wildman–Crippen MR) is 109 cm³/mol. The minimum Gasteiger partial charge on any atom is -0.424 e. The number of rotatable bonds is 3. The first-order valence-electron chi connectivity index (χ1n) is 9.13. The van der Waals surface area contributed by atoms with E-state index in [2.05, 4.69) is 35.7 Å². The summed E-state index contributed by atoms with van der Waals surface area (Å²) in [6, 6.07) is 5.57. The minimum atomic E-state index is -0.0279. The van der Waals surface area contributed by atoms with Gasteiger partial charge < -0.3 is 15.9 Å². The van der Waals surface area contributed by atoms with E-state index in [1.165, 1.54) is 44.1 Å². The maximum atomic E-state index is 5.77. The molecule has 144 valence electrons. The predicted octanol–water partition coefficient (Wildman–Crippen LogP) is 4.49. The third kappa shape index (κ3) is 5.92. The van der Waals surface area contributed by atoms with Crippen LogP contribution in [0.25, 0.3) is 0 Å². The van der Waals surface area contributed by atoms with Gasteiger partial charge in [0.25, 0.3) is 0 Å². The highest BCUT2D eigenvalue weighted by atomic mass is 32.2. The van der Waals surface area contributed by atoms with E-state index in [1.54, 1.807) is 6.07 Å². The lowest BCUT2D eigenvalue weighted by atomic mass is 9.89. The summed E-state index contributed by atoms with van der Waals surface area (Å²) in [4.78, 5) is 1.07. The number of aromatic nitrogens is 2. The first-order valence-corrected chi connectivity index (χ1v) is 9.95. The highest BCUT2D eigenvalue weighted by Crippen LogP contribution is 2.33. The van der Waals surface area contributed by atoms with Crippen LogP contribution in [0, 0.1) is 0 Å². The molecule has 1 fully saturated rings. The van der Waals surface area contributed by atoms with E-state index < -0.39 is 0 Å². The van der Waals surface area contributed by atoms with E-state index in [1.807, 2.05) is 19.2 Å². The van der Waals surface area contributed by atoms with Crippen LogP contribution in [0.15, 0.2) is 27.5 Å². The van der Waals surface area contributed by atoms with Gasteiger partial charge in [-0.1, -0.05) is 40.0 Å². The first kappa shape index (κ1) is 20.6. The van der Waals surface area contributed by atoms with E-state index in [0.29, 0.717) is 17.3 Å². The quantitative estimate of drug-likeness (QED) is 0.535. The Morgan fingerprint density at radius 1 is 1.08 bits per heavy atom. The van der Waals surface area contributed by atoms with Crippen molar-refractivity contribution in [3.63, 3.8) is 0 Å². The second kappa shape index (κ2) is 9.28. The molecule has 0 unspecified atom stereocenters. The fourth-order valence-electron chi connectivity index (χ4n) is 2.79. The summed E-state index contributed by atoms with van der Waals surface area (Å²) in [6.45, 7) is 6.31. The monoisotopic (exact) mass is 377 g/mol. The Kier molecular flexibility index (Phi) is 7.34. The van der Waals surface area contributed by atoms with E-state index >= 15 is 0 Å². The maximum absolute atomic E-state index is 5.77. The normalized spacial score (nSPS) is 15.4. The molecule has 1 heterocycles. The van der Waals surface area contributed by atoms with Crippen LogP contribution in [0.4, 0.5) is 11.4 Å². The standard InChI is InChI=1S/C12H20N2O.C7H11N3S/c1-12(2,3)11-14-13-10(15-11)9-7-5-4-6-8-9;1-10-11-5-2-3-6(8)7(9)4-5/h9H,4-8H2,1-3H3;2-4,10H,8-9H2,1H3. The SMILES string of the molecule is CC(C)(C)c1nnc(C2CCCCC2)o1.CNSc1ccc(N)c(N)c1. The molecule has 0 amide bonds. The molecule has 5 N–H and O–H groups in total. The molecule has 1 aliphatic rings. The first-order chi connectivity index (χ1) is 12.3. The number of anilines is 2. The lowest BCUT2D eigenvalue weighted by Crippen LogP contribution is -2.11. The lowest BCUT2D eigenvalue weighted by Gasteiger charge is -2.18. The summed E-state index contributed by atoms with van der Waals surface area (Å²) in [6.07, 6.45) is 6.39. The van der Waals surface area contributed by atoms with Gasteiger partial charge in [0.1, 0.15) is 0 Å². The van der Waals surface area contributed by atoms with Crippen LogP contribution in [0.5, 0.6) is 0 Å². The molecule has 1 aromatic carbocycles. The van der Waals surface area contributed by atoms with Crippen LogP contribution in [-0.4, -0.2) is 17.2 Å². The number of nitrogen functional groups attached to an aromatic ring is 2. The number of nitrogens with zero attached hydrogens (tertiary/aromatic N) is 2. The Bertz CT molecular complexity index is 689. The van der Waals surface area contributed by atoms with Crippen LogP contribution >= 0.6 is 11.9 Å². The van der Waals surface area contributed by atoms with Gasteiger partial charge in [0.15, 0.2) is 0 Å². The molecule has 1 aliphatic carbocycles. The second-order valence-corrected chi connectivity index (χ2v) is 8.71. The van der Waals surface area contributed by atoms with Crippen molar-refractivity contribution < 1.29 is 4.42 Å². The molecule has 0 aliphatic heterocycles. The molecule has 1 saturated carbocycles. The third-order valence-corrected chi connectivity index (χ3v) is 5.01. The Balaban J connectivity index is 0.000000197. The molecule has 0 atom stereocenters. The van der Waals surface area contributed by atoms with Crippen molar-refractivity contribution >= 4 is 23.3 Å². The molecule has 1 aromatic heterocycles. The number of hydrogen-bond donors (Lipinski definition) is 3. The zero-order valence-corrected chi connectivity index (χ0v) is 17.0. The van der Waals surface area contributed by atoms with Crippen LogP contribution in [0.3, 0.4) is 0 Å². The van der Waals surface area contributed by atoms with E-state index in [-0.39, 0.29) is 5.41 Å². The molecule has 3 rings (SSSR count). The van der Waals surface area contributed by atoms with Crippen molar-refractivity contribution in [2.75, 3.05) is 18.5 Å². The topological polar surface area (TPSA) is 103 Å². The van der Waals surface area contributed by atoms with Gasteiger partial charge >= 0.3 is 0 Å². The van der Waals surface area contributed by atoms with E-state index in [4.69, 9.17) is 15.9 Å². The van der Waals surface area contributed by atoms with Gasteiger partial charge in [-0.2, -0.15) is 0 Å². The van der Waals surface area contributed by atoms with Crippen molar-refractivity contribution in [1.82, 2.24) is 14.9 Å². The van der Waals surface area contributed by atoms with Crippen molar-refractivity contribution in [1.29, 1.82) is 0 Å². The summed E-state index contributed by atoms with van der Waals surface area (Å²) in [5.41, 5.74) is 12.3. The van der Waals surface area contributed by atoms with Gasteiger partial charge in [0.2, 0.25) is 11.8 Å². The summed E-state index contributed by atoms with van der Waals surface area (Å²) >= 11 is 1.51. The number of hydrogen-bond acceptors (Lipinski definition) is 7. The molecule has 2 aromatic rings. The Hall–Kier alpha value is -1.73. The van der Waals surface area contributed by atoms with Crippen molar-refractivity contribution in [2.45, 2.75) is 69.1 Å². The molecule has 6 nitrogen and oxygen atoms in total. The van der Waals surface area contributed by atoms with Gasteiger partial charge in [-0.25, -0.2) is 0 Å². The number of nitrogens with two attached hydrogens (primary N) is 2. The lowest BCUT2D eigenvalue weighted by molar-refractivity contribution is 0.323. The highest BCUT2D eigenvalue weighted by Gasteiger charge is 2.25. The van der Waals surface area contributed by atoms with Crippen molar-refractivity contribution in [3.05, 3.63) is 30.0 Å². The van der Waals surface area contributed by atoms with Gasteiger partial charge in [-0.15, -0.1) is 10.2 Å². The molecule has 0 spiro atoms. The van der Waals surface area contributed by atoms with Gasteiger partial charge in [-0.05, 0) is 50.0 Å². The van der Waals surface area contributed by atoms with Crippen LogP contribution < -0.4 is 16.2 Å². The molecule has 0 radical (unpaired) electrons. The largest absolute Gasteiger partial charge is 0.424 e.